The van der Waals surface area contributed by atoms with Crippen molar-refractivity contribution in [2.24, 2.45) is 0 Å². The van der Waals surface area contributed by atoms with Crippen LogP contribution in [0.3, 0.4) is 0 Å². The molecule has 1 aromatic carbocycles. The number of nitrogens with zero attached hydrogens (tertiary/aromatic N) is 1. The molecule has 2 rings (SSSR count). The minimum atomic E-state index is -0.889. The summed E-state index contributed by atoms with van der Waals surface area (Å²) in [5.41, 5.74) is 0.815. The highest BCUT2D eigenvalue weighted by Gasteiger charge is 2.38. The van der Waals surface area contributed by atoms with Gasteiger partial charge in [-0.25, -0.2) is 0 Å². The molecular weight excluding hydrogens is 361 g/mol. The standard InChI is InChI=1S/C17H25Cl2NO3.C2H6/c1-21-10-5-11-23-17(22-2,13-20-8-3-4-9-20)15-7-6-14(18)12-16(15)19;1-2/h6-7,12H,3-5,8-11,13H2,1-2H3;1-2H3. The predicted molar refractivity (Wildman–Crippen MR) is 105 cm³/mol. The molecule has 4 nitrogen and oxygen atoms in total. The summed E-state index contributed by atoms with van der Waals surface area (Å²) in [6, 6.07) is 5.44. The zero-order valence-electron chi connectivity index (χ0n) is 15.8. The summed E-state index contributed by atoms with van der Waals surface area (Å²) in [4.78, 5) is 2.35. The second-order valence-corrected chi connectivity index (χ2v) is 6.60. The molecule has 0 radical (unpaired) electrons. The predicted octanol–water partition coefficient (Wildman–Crippen LogP) is 4.97. The summed E-state index contributed by atoms with van der Waals surface area (Å²) < 4.78 is 17.1. The van der Waals surface area contributed by atoms with E-state index >= 15 is 0 Å². The largest absolute Gasteiger partial charge is 0.385 e. The maximum absolute atomic E-state index is 6.43. The Labute approximate surface area is 162 Å². The van der Waals surface area contributed by atoms with Gasteiger partial charge in [-0.05, 0) is 44.5 Å². The smallest absolute Gasteiger partial charge is 0.209 e. The van der Waals surface area contributed by atoms with Gasteiger partial charge in [-0.2, -0.15) is 0 Å². The molecule has 1 saturated heterocycles. The third kappa shape index (κ3) is 6.70. The first kappa shape index (κ1) is 22.7. The molecule has 0 amide bonds. The molecule has 0 bridgehead atoms. The Bertz CT molecular complexity index is 496. The Kier molecular flexibility index (Phi) is 11.0. The minimum absolute atomic E-state index is 0.536. The van der Waals surface area contributed by atoms with Crippen molar-refractivity contribution in [1.82, 2.24) is 4.90 Å². The van der Waals surface area contributed by atoms with Crippen LogP contribution in [0.2, 0.25) is 10.0 Å². The summed E-state index contributed by atoms with van der Waals surface area (Å²) >= 11 is 12.5. The molecule has 1 atom stereocenters. The SMILES string of the molecule is CC.COCCCOC(CN1CCCC1)(OC)c1ccc(Cl)cc1Cl. The van der Waals surface area contributed by atoms with E-state index in [1.807, 2.05) is 26.0 Å². The fraction of sp³-hybridized carbons (Fsp3) is 0.684. The lowest BCUT2D eigenvalue weighted by Gasteiger charge is -2.36. The highest BCUT2D eigenvalue weighted by molar-refractivity contribution is 6.35. The van der Waals surface area contributed by atoms with Crippen LogP contribution < -0.4 is 0 Å². The van der Waals surface area contributed by atoms with Crippen LogP contribution in [0.1, 0.15) is 38.7 Å². The molecule has 1 unspecified atom stereocenters. The summed E-state index contributed by atoms with van der Waals surface area (Å²) in [5.74, 6) is -0.889. The van der Waals surface area contributed by atoms with Crippen molar-refractivity contribution < 1.29 is 14.2 Å². The van der Waals surface area contributed by atoms with Crippen LogP contribution in [-0.2, 0) is 20.0 Å². The molecule has 6 heteroatoms. The molecule has 25 heavy (non-hydrogen) atoms. The van der Waals surface area contributed by atoms with E-state index in [4.69, 9.17) is 37.4 Å². The third-order valence-corrected chi connectivity index (χ3v) is 4.68. The molecule has 144 valence electrons. The number of benzene rings is 1. The normalized spacial score (nSPS) is 17.0. The summed E-state index contributed by atoms with van der Waals surface area (Å²) in [7, 11) is 3.35. The van der Waals surface area contributed by atoms with E-state index in [1.165, 1.54) is 12.8 Å². The van der Waals surface area contributed by atoms with Crippen molar-refractivity contribution in [3.63, 3.8) is 0 Å². The van der Waals surface area contributed by atoms with Crippen molar-refractivity contribution in [1.29, 1.82) is 0 Å². The van der Waals surface area contributed by atoms with Gasteiger partial charge in [0.1, 0.15) is 0 Å². The van der Waals surface area contributed by atoms with Gasteiger partial charge in [0.25, 0.3) is 0 Å². The third-order valence-electron chi connectivity index (χ3n) is 4.13. The Morgan fingerprint density at radius 2 is 1.76 bits per heavy atom. The molecule has 0 spiro atoms. The van der Waals surface area contributed by atoms with Crippen molar-refractivity contribution in [2.45, 2.75) is 38.9 Å². The van der Waals surface area contributed by atoms with E-state index in [0.717, 1.165) is 25.1 Å². The van der Waals surface area contributed by atoms with Crippen LogP contribution in [0, 0.1) is 0 Å². The first-order valence-corrected chi connectivity index (χ1v) is 9.73. The Hall–Kier alpha value is -0.360. The molecule has 1 aromatic rings. The number of ether oxygens (including phenoxy) is 3. The average molecular weight is 392 g/mol. The van der Waals surface area contributed by atoms with Crippen LogP contribution in [0.5, 0.6) is 0 Å². The van der Waals surface area contributed by atoms with E-state index in [1.54, 1.807) is 20.3 Å². The van der Waals surface area contributed by atoms with E-state index < -0.39 is 5.79 Å². The molecule has 1 fully saturated rings. The van der Waals surface area contributed by atoms with E-state index in [2.05, 4.69) is 4.90 Å². The van der Waals surface area contributed by atoms with E-state index in [9.17, 15) is 0 Å². The fourth-order valence-electron chi connectivity index (χ4n) is 2.92. The highest BCUT2D eigenvalue weighted by Crippen LogP contribution is 2.35. The Morgan fingerprint density at radius 3 is 2.32 bits per heavy atom. The van der Waals surface area contributed by atoms with Crippen molar-refractivity contribution >= 4 is 23.2 Å². The van der Waals surface area contributed by atoms with E-state index in [0.29, 0.717) is 29.8 Å². The number of methoxy groups -OCH3 is 2. The Morgan fingerprint density at radius 1 is 1.08 bits per heavy atom. The summed E-state index contributed by atoms with van der Waals surface area (Å²) in [6.45, 7) is 7.94. The van der Waals surface area contributed by atoms with Gasteiger partial charge in [0.05, 0.1) is 18.2 Å². The van der Waals surface area contributed by atoms with Crippen LogP contribution in [0.25, 0.3) is 0 Å². The second-order valence-electron chi connectivity index (χ2n) is 5.76. The van der Waals surface area contributed by atoms with Gasteiger partial charge < -0.3 is 14.2 Å². The second kappa shape index (κ2) is 12.1. The zero-order chi connectivity index (χ0) is 18.7. The quantitative estimate of drug-likeness (QED) is 0.439. The highest BCUT2D eigenvalue weighted by atomic mass is 35.5. The first-order chi connectivity index (χ1) is 12.1. The van der Waals surface area contributed by atoms with Crippen LogP contribution >= 0.6 is 23.2 Å². The Balaban J connectivity index is 0.00000151. The number of hydrogen-bond donors (Lipinski definition) is 0. The maximum Gasteiger partial charge on any atom is 0.209 e. The first-order valence-electron chi connectivity index (χ1n) is 8.97. The van der Waals surface area contributed by atoms with Gasteiger partial charge >= 0.3 is 0 Å². The monoisotopic (exact) mass is 391 g/mol. The molecule has 0 N–H and O–H groups in total. The molecule has 1 aliphatic heterocycles. The van der Waals surface area contributed by atoms with Crippen molar-refractivity contribution in [3.05, 3.63) is 33.8 Å². The van der Waals surface area contributed by atoms with Crippen LogP contribution in [0.4, 0.5) is 0 Å². The number of halogens is 2. The van der Waals surface area contributed by atoms with Gasteiger partial charge in [0, 0.05) is 31.4 Å². The van der Waals surface area contributed by atoms with Gasteiger partial charge in [-0.1, -0.05) is 43.1 Å². The van der Waals surface area contributed by atoms with Crippen molar-refractivity contribution in [2.75, 3.05) is 47.1 Å². The molecule has 1 heterocycles. The number of hydrogen-bond acceptors (Lipinski definition) is 4. The average Bonchev–Trinajstić information content (AvgIpc) is 3.12. The molecule has 1 aliphatic rings. The van der Waals surface area contributed by atoms with Gasteiger partial charge in [-0.15, -0.1) is 0 Å². The fourth-order valence-corrected chi connectivity index (χ4v) is 3.47. The lowest BCUT2D eigenvalue weighted by molar-refractivity contribution is -0.241. The topological polar surface area (TPSA) is 30.9 Å². The van der Waals surface area contributed by atoms with Crippen LogP contribution in [-0.4, -0.2) is 52.0 Å². The number of rotatable bonds is 9. The maximum atomic E-state index is 6.43. The van der Waals surface area contributed by atoms with Gasteiger partial charge in [-0.3, -0.25) is 4.90 Å². The lowest BCUT2D eigenvalue weighted by atomic mass is 10.0. The summed E-state index contributed by atoms with van der Waals surface area (Å²) in [5, 5.41) is 1.16. The molecule has 0 aliphatic carbocycles. The van der Waals surface area contributed by atoms with E-state index in [-0.39, 0.29) is 0 Å². The van der Waals surface area contributed by atoms with Gasteiger partial charge in [0.2, 0.25) is 5.79 Å². The molecular formula is C19H31Cl2NO3. The summed E-state index contributed by atoms with van der Waals surface area (Å²) in [6.07, 6.45) is 3.21. The van der Waals surface area contributed by atoms with Crippen molar-refractivity contribution in [3.8, 4) is 0 Å². The zero-order valence-corrected chi connectivity index (χ0v) is 17.3. The van der Waals surface area contributed by atoms with Crippen LogP contribution in [0.15, 0.2) is 18.2 Å². The van der Waals surface area contributed by atoms with Gasteiger partial charge in [0.15, 0.2) is 0 Å². The minimum Gasteiger partial charge on any atom is -0.385 e. The molecule has 0 aromatic heterocycles. The molecule has 0 saturated carbocycles. The number of likely N-dealkylation sites (tertiary alicyclic amines) is 1. The lowest BCUT2D eigenvalue weighted by Crippen LogP contribution is -2.44.